The average Bonchev–Trinajstić information content (AvgIpc) is 3.35. The number of carbonyl (C=O) groups is 1. The van der Waals surface area contributed by atoms with E-state index in [0.717, 1.165) is 13.1 Å². The van der Waals surface area contributed by atoms with Crippen LogP contribution in [0.25, 0.3) is 0 Å². The van der Waals surface area contributed by atoms with Crippen molar-refractivity contribution in [2.75, 3.05) is 26.2 Å². The molecule has 3 rings (SSSR count). The average molecular weight is 349 g/mol. The van der Waals surface area contributed by atoms with Gasteiger partial charge in [0.15, 0.2) is 0 Å². The van der Waals surface area contributed by atoms with Crippen molar-refractivity contribution in [2.24, 2.45) is 0 Å². The summed E-state index contributed by atoms with van der Waals surface area (Å²) in [7, 11) is 0. The zero-order valence-corrected chi connectivity index (χ0v) is 14.3. The van der Waals surface area contributed by atoms with Gasteiger partial charge in [0, 0.05) is 11.4 Å². The molecule has 2 aromatic heterocycles. The Hall–Kier alpha value is -1.83. The first-order valence-electron chi connectivity index (χ1n) is 8.24. The first kappa shape index (κ1) is 17.0. The van der Waals surface area contributed by atoms with Gasteiger partial charge in [-0.1, -0.05) is 6.07 Å². The molecular formula is C17H23N3O3S. The fourth-order valence-corrected chi connectivity index (χ4v) is 3.83. The molecule has 2 atom stereocenters. The van der Waals surface area contributed by atoms with E-state index in [1.165, 1.54) is 24.0 Å². The summed E-state index contributed by atoms with van der Waals surface area (Å²) < 4.78 is 5.12. The molecule has 1 fully saturated rings. The van der Waals surface area contributed by atoms with Crippen molar-refractivity contribution < 1.29 is 14.3 Å². The minimum absolute atomic E-state index is 0.118. The van der Waals surface area contributed by atoms with Crippen molar-refractivity contribution in [1.82, 2.24) is 15.5 Å². The van der Waals surface area contributed by atoms with Gasteiger partial charge in [-0.2, -0.15) is 0 Å². The second kappa shape index (κ2) is 8.32. The van der Waals surface area contributed by atoms with Crippen molar-refractivity contribution in [3.05, 3.63) is 46.5 Å². The van der Waals surface area contributed by atoms with E-state index in [-0.39, 0.29) is 18.6 Å². The quantitative estimate of drug-likeness (QED) is 0.718. The van der Waals surface area contributed by atoms with Gasteiger partial charge >= 0.3 is 6.03 Å². The van der Waals surface area contributed by atoms with Gasteiger partial charge in [-0.05, 0) is 49.5 Å². The van der Waals surface area contributed by atoms with Gasteiger partial charge < -0.3 is 20.2 Å². The molecule has 0 aliphatic carbocycles. The fraction of sp³-hybridized carbons (Fsp3) is 0.471. The van der Waals surface area contributed by atoms with E-state index in [4.69, 9.17) is 4.42 Å². The van der Waals surface area contributed by atoms with Gasteiger partial charge in [0.1, 0.15) is 11.9 Å². The summed E-state index contributed by atoms with van der Waals surface area (Å²) in [6, 6.07) is 7.50. The molecule has 0 radical (unpaired) electrons. The molecular weight excluding hydrogens is 326 g/mol. The number of furan rings is 1. The molecule has 3 N–H and O–H groups in total. The lowest BCUT2D eigenvalue weighted by Gasteiger charge is -2.27. The topological polar surface area (TPSA) is 77.7 Å². The van der Waals surface area contributed by atoms with Crippen molar-refractivity contribution >= 4 is 17.4 Å². The van der Waals surface area contributed by atoms with Crippen molar-refractivity contribution in [2.45, 2.75) is 25.0 Å². The number of hydrogen-bond acceptors (Lipinski definition) is 5. The molecule has 2 unspecified atom stereocenters. The second-order valence-corrected chi connectivity index (χ2v) is 6.88. The van der Waals surface area contributed by atoms with Crippen LogP contribution in [0.3, 0.4) is 0 Å². The molecule has 0 spiro atoms. The third kappa shape index (κ3) is 4.37. The van der Waals surface area contributed by atoms with Crippen LogP contribution >= 0.6 is 11.3 Å². The van der Waals surface area contributed by atoms with Crippen LogP contribution in [0, 0.1) is 0 Å². The lowest BCUT2D eigenvalue weighted by atomic mass is 10.2. The molecule has 1 aliphatic rings. The molecule has 130 valence electrons. The van der Waals surface area contributed by atoms with Gasteiger partial charge in [-0.15, -0.1) is 11.3 Å². The number of likely N-dealkylation sites (tertiary alicyclic amines) is 1. The third-order valence-electron chi connectivity index (χ3n) is 4.24. The maximum atomic E-state index is 12.0. The van der Waals surface area contributed by atoms with Crippen molar-refractivity contribution in [3.63, 3.8) is 0 Å². The minimum Gasteiger partial charge on any atom is -0.467 e. The number of rotatable bonds is 7. The summed E-state index contributed by atoms with van der Waals surface area (Å²) in [4.78, 5) is 15.7. The number of carbonyl (C=O) groups excluding carboxylic acids is 1. The summed E-state index contributed by atoms with van der Waals surface area (Å²) in [5.74, 6) is 0.448. The maximum Gasteiger partial charge on any atom is 0.314 e. The van der Waals surface area contributed by atoms with E-state index in [1.807, 2.05) is 6.07 Å². The molecule has 3 heterocycles. The highest BCUT2D eigenvalue weighted by Crippen LogP contribution is 2.27. The van der Waals surface area contributed by atoms with Crippen LogP contribution in [0.15, 0.2) is 40.3 Å². The number of thiophene rings is 1. The second-order valence-electron chi connectivity index (χ2n) is 5.90. The largest absolute Gasteiger partial charge is 0.467 e. The first-order valence-corrected chi connectivity index (χ1v) is 9.12. The molecule has 2 amide bonds. The predicted molar refractivity (Wildman–Crippen MR) is 92.9 cm³/mol. The zero-order valence-electron chi connectivity index (χ0n) is 13.5. The highest BCUT2D eigenvalue weighted by atomic mass is 32.1. The Kier molecular flexibility index (Phi) is 5.90. The third-order valence-corrected chi connectivity index (χ3v) is 5.21. The van der Waals surface area contributed by atoms with Gasteiger partial charge in [0.05, 0.1) is 18.8 Å². The summed E-state index contributed by atoms with van der Waals surface area (Å²) in [6.45, 7) is 2.82. The summed E-state index contributed by atoms with van der Waals surface area (Å²) in [6.07, 6.45) is 3.09. The standard InChI is InChI=1S/C17H23N3O3S/c21-14(15-5-3-9-23-15)12-19-17(22)18-11-13(16-6-4-10-24-16)20-7-1-2-8-20/h3-6,9-10,13-14,21H,1-2,7-8,11-12H2,(H2,18,19,22). The maximum absolute atomic E-state index is 12.0. The summed E-state index contributed by atoms with van der Waals surface area (Å²) >= 11 is 1.72. The van der Waals surface area contributed by atoms with Crippen molar-refractivity contribution in [1.29, 1.82) is 0 Å². The van der Waals surface area contributed by atoms with Gasteiger partial charge in [-0.3, -0.25) is 4.90 Å². The number of nitrogens with one attached hydrogen (secondary N) is 2. The van der Waals surface area contributed by atoms with Gasteiger partial charge in [0.25, 0.3) is 0 Å². The van der Waals surface area contributed by atoms with Crippen LogP contribution < -0.4 is 10.6 Å². The number of aliphatic hydroxyl groups excluding tert-OH is 1. The van der Waals surface area contributed by atoms with Crippen LogP contribution in [0.1, 0.15) is 35.6 Å². The molecule has 0 saturated carbocycles. The van der Waals surface area contributed by atoms with E-state index in [9.17, 15) is 9.90 Å². The van der Waals surface area contributed by atoms with E-state index in [2.05, 4.69) is 27.0 Å². The highest BCUT2D eigenvalue weighted by molar-refractivity contribution is 7.10. The van der Waals surface area contributed by atoms with Crippen LogP contribution in [0.5, 0.6) is 0 Å². The number of amides is 2. The Labute approximate surface area is 145 Å². The Morgan fingerprint density at radius 3 is 2.71 bits per heavy atom. The van der Waals surface area contributed by atoms with Crippen LogP contribution in [-0.2, 0) is 0 Å². The monoisotopic (exact) mass is 349 g/mol. The zero-order chi connectivity index (χ0) is 16.8. The fourth-order valence-electron chi connectivity index (χ4n) is 2.97. The Morgan fingerprint density at radius 2 is 2.04 bits per heavy atom. The summed E-state index contributed by atoms with van der Waals surface area (Å²) in [5, 5.41) is 17.6. The Morgan fingerprint density at radius 1 is 1.25 bits per heavy atom. The highest BCUT2D eigenvalue weighted by Gasteiger charge is 2.24. The summed E-state index contributed by atoms with van der Waals surface area (Å²) in [5.41, 5.74) is 0. The molecule has 0 aromatic carbocycles. The molecule has 24 heavy (non-hydrogen) atoms. The molecule has 1 aliphatic heterocycles. The number of nitrogens with zero attached hydrogens (tertiary/aromatic N) is 1. The lowest BCUT2D eigenvalue weighted by molar-refractivity contribution is 0.147. The van der Waals surface area contributed by atoms with E-state index in [0.29, 0.717) is 12.3 Å². The van der Waals surface area contributed by atoms with Crippen molar-refractivity contribution in [3.8, 4) is 0 Å². The Balaban J connectivity index is 1.48. The predicted octanol–water partition coefficient (Wildman–Crippen LogP) is 2.51. The molecule has 1 saturated heterocycles. The molecule has 6 nitrogen and oxygen atoms in total. The van der Waals surface area contributed by atoms with E-state index >= 15 is 0 Å². The van der Waals surface area contributed by atoms with Crippen LogP contribution in [-0.4, -0.2) is 42.2 Å². The SMILES string of the molecule is O=C(NCC(O)c1ccco1)NCC(c1cccs1)N1CCCC1. The molecule has 2 aromatic rings. The normalized spacial score (nSPS) is 17.5. The van der Waals surface area contributed by atoms with E-state index < -0.39 is 6.10 Å². The van der Waals surface area contributed by atoms with Crippen LogP contribution in [0.2, 0.25) is 0 Å². The number of aliphatic hydroxyl groups is 1. The number of urea groups is 1. The molecule has 0 bridgehead atoms. The first-order chi connectivity index (χ1) is 11.7. The van der Waals surface area contributed by atoms with Gasteiger partial charge in [0.2, 0.25) is 0 Å². The minimum atomic E-state index is -0.836. The Bertz CT molecular complexity index is 609. The molecule has 7 heteroatoms. The lowest BCUT2D eigenvalue weighted by Crippen LogP contribution is -2.42. The van der Waals surface area contributed by atoms with Crippen LogP contribution in [0.4, 0.5) is 4.79 Å². The smallest absolute Gasteiger partial charge is 0.314 e. The number of hydrogen-bond donors (Lipinski definition) is 3. The van der Waals surface area contributed by atoms with Gasteiger partial charge in [-0.25, -0.2) is 4.79 Å². The van der Waals surface area contributed by atoms with E-state index in [1.54, 1.807) is 23.5 Å².